The van der Waals surface area contributed by atoms with E-state index in [1.54, 1.807) is 30.1 Å². The normalized spacial score (nSPS) is 15.7. The Morgan fingerprint density at radius 3 is 2.69 bits per heavy atom. The second-order valence-corrected chi connectivity index (χ2v) is 8.66. The summed E-state index contributed by atoms with van der Waals surface area (Å²) in [6.07, 6.45) is 5.54. The van der Waals surface area contributed by atoms with E-state index < -0.39 is 5.91 Å². The van der Waals surface area contributed by atoms with E-state index in [2.05, 4.69) is 15.3 Å². The first-order valence-electron chi connectivity index (χ1n) is 11.2. The van der Waals surface area contributed by atoms with E-state index in [1.807, 2.05) is 11.3 Å². The van der Waals surface area contributed by atoms with Crippen molar-refractivity contribution in [3.8, 4) is 11.3 Å². The van der Waals surface area contributed by atoms with Crippen LogP contribution in [-0.2, 0) is 11.2 Å². The molecule has 3 aromatic heterocycles. The van der Waals surface area contributed by atoms with Crippen LogP contribution in [0.5, 0.6) is 0 Å². The number of pyridine rings is 1. The standard InChI is InChI=1S/C25H24FN7O2/c1-14-19(11-16-7-10-32(2)25(16)35)30-21-12-18(27)22(31-24(34)20-13-28-8-9-29-20)23(33(14)21)15-3-5-17(26)6-4-15/h3-6,8-9,12-13,16H,7,10-11,27H2,1-2H3,(H,31,34). The molecule has 1 unspecified atom stereocenters. The molecule has 9 nitrogen and oxygen atoms in total. The SMILES string of the molecule is Cc1c(CC2CCN(C)C2=O)nc2cc(N)c(NC(=O)c3cnccn3)c(-c3ccc(F)cc3)n12. The summed E-state index contributed by atoms with van der Waals surface area (Å²) in [6, 6.07) is 7.61. The fraction of sp³-hybridized carbons (Fsp3) is 0.240. The number of carbonyl (C=O) groups excluding carboxylic acids is 2. The molecule has 178 valence electrons. The quantitative estimate of drug-likeness (QED) is 0.460. The third kappa shape index (κ3) is 4.07. The van der Waals surface area contributed by atoms with Crippen molar-refractivity contribution in [1.82, 2.24) is 24.3 Å². The second-order valence-electron chi connectivity index (χ2n) is 8.66. The number of hydrogen-bond acceptors (Lipinski definition) is 6. The first-order valence-corrected chi connectivity index (χ1v) is 11.2. The number of nitrogen functional groups attached to an aromatic ring is 1. The number of fused-ring (bicyclic) bond motifs is 1. The molecule has 0 radical (unpaired) electrons. The number of aryl methyl sites for hydroxylation is 1. The average Bonchev–Trinajstić information content (AvgIpc) is 3.34. The van der Waals surface area contributed by atoms with E-state index in [0.29, 0.717) is 34.7 Å². The van der Waals surface area contributed by atoms with Gasteiger partial charge in [0.15, 0.2) is 0 Å². The van der Waals surface area contributed by atoms with E-state index in [0.717, 1.165) is 24.4 Å². The molecule has 3 N–H and O–H groups in total. The first-order chi connectivity index (χ1) is 16.8. The molecule has 1 fully saturated rings. The van der Waals surface area contributed by atoms with Crippen molar-refractivity contribution in [2.75, 3.05) is 24.6 Å². The van der Waals surface area contributed by atoms with Gasteiger partial charge in [-0.15, -0.1) is 0 Å². The smallest absolute Gasteiger partial charge is 0.275 e. The Balaban J connectivity index is 1.66. The summed E-state index contributed by atoms with van der Waals surface area (Å²) in [5, 5.41) is 2.85. The van der Waals surface area contributed by atoms with Gasteiger partial charge in [0, 0.05) is 55.6 Å². The predicted molar refractivity (Wildman–Crippen MR) is 129 cm³/mol. The number of hydrogen-bond donors (Lipinski definition) is 2. The summed E-state index contributed by atoms with van der Waals surface area (Å²) in [6.45, 7) is 2.64. The summed E-state index contributed by atoms with van der Waals surface area (Å²) in [5.74, 6) is -0.890. The van der Waals surface area contributed by atoms with Gasteiger partial charge in [0.2, 0.25) is 5.91 Å². The lowest BCUT2D eigenvalue weighted by atomic mass is 10.0. The Kier molecular flexibility index (Phi) is 5.64. The third-order valence-electron chi connectivity index (χ3n) is 6.40. The number of halogens is 1. The van der Waals surface area contributed by atoms with Gasteiger partial charge in [-0.2, -0.15) is 0 Å². The van der Waals surface area contributed by atoms with Gasteiger partial charge in [0.25, 0.3) is 5.91 Å². The van der Waals surface area contributed by atoms with Gasteiger partial charge in [-0.1, -0.05) is 0 Å². The lowest BCUT2D eigenvalue weighted by Gasteiger charge is -2.17. The van der Waals surface area contributed by atoms with Crippen molar-refractivity contribution in [3.05, 3.63) is 71.8 Å². The molecule has 1 atom stereocenters. The van der Waals surface area contributed by atoms with Crippen molar-refractivity contribution < 1.29 is 14.0 Å². The molecule has 2 amide bonds. The molecule has 0 saturated carbocycles. The predicted octanol–water partition coefficient (Wildman–Crippen LogP) is 3.09. The number of likely N-dealkylation sites (tertiary alicyclic amines) is 1. The van der Waals surface area contributed by atoms with Gasteiger partial charge in [-0.3, -0.25) is 19.0 Å². The summed E-state index contributed by atoms with van der Waals surface area (Å²) in [5.41, 5.74) is 10.5. The van der Waals surface area contributed by atoms with Crippen LogP contribution in [0, 0.1) is 18.7 Å². The lowest BCUT2D eigenvalue weighted by Crippen LogP contribution is -2.23. The number of rotatable bonds is 5. The highest BCUT2D eigenvalue weighted by Gasteiger charge is 2.31. The van der Waals surface area contributed by atoms with Crippen LogP contribution in [0.25, 0.3) is 16.9 Å². The van der Waals surface area contributed by atoms with Crippen molar-refractivity contribution in [2.45, 2.75) is 19.8 Å². The number of nitrogens with two attached hydrogens (primary N) is 1. The number of nitrogens with one attached hydrogen (secondary N) is 1. The fourth-order valence-electron chi connectivity index (χ4n) is 4.53. The summed E-state index contributed by atoms with van der Waals surface area (Å²) in [7, 11) is 1.80. The zero-order valence-electron chi connectivity index (χ0n) is 19.3. The number of anilines is 2. The van der Waals surface area contributed by atoms with E-state index in [9.17, 15) is 14.0 Å². The van der Waals surface area contributed by atoms with Crippen LogP contribution in [0.4, 0.5) is 15.8 Å². The topological polar surface area (TPSA) is 119 Å². The molecule has 0 bridgehead atoms. The molecule has 0 spiro atoms. The number of imidazole rings is 1. The molecule has 0 aliphatic carbocycles. The molecule has 10 heteroatoms. The van der Waals surface area contributed by atoms with E-state index in [1.165, 1.54) is 30.7 Å². The Morgan fingerprint density at radius 1 is 1.26 bits per heavy atom. The molecule has 1 saturated heterocycles. The van der Waals surface area contributed by atoms with E-state index in [-0.39, 0.29) is 23.3 Å². The van der Waals surface area contributed by atoms with Crippen molar-refractivity contribution in [3.63, 3.8) is 0 Å². The monoisotopic (exact) mass is 473 g/mol. The molecular weight excluding hydrogens is 449 g/mol. The highest BCUT2D eigenvalue weighted by atomic mass is 19.1. The maximum Gasteiger partial charge on any atom is 0.275 e. The molecule has 1 aromatic carbocycles. The van der Waals surface area contributed by atoms with Crippen molar-refractivity contribution in [1.29, 1.82) is 0 Å². The van der Waals surface area contributed by atoms with Crippen LogP contribution in [-0.4, -0.2) is 49.7 Å². The maximum absolute atomic E-state index is 13.7. The molecule has 1 aliphatic heterocycles. The van der Waals surface area contributed by atoms with E-state index in [4.69, 9.17) is 10.7 Å². The molecule has 5 rings (SSSR count). The third-order valence-corrected chi connectivity index (χ3v) is 6.40. The van der Waals surface area contributed by atoms with Crippen LogP contribution in [0.3, 0.4) is 0 Å². The minimum atomic E-state index is -0.481. The van der Waals surface area contributed by atoms with Gasteiger partial charge < -0.3 is 16.0 Å². The van der Waals surface area contributed by atoms with Gasteiger partial charge in [0.05, 0.1) is 29.0 Å². The highest BCUT2D eigenvalue weighted by Crippen LogP contribution is 2.37. The van der Waals surface area contributed by atoms with Gasteiger partial charge in [-0.25, -0.2) is 14.4 Å². The minimum Gasteiger partial charge on any atom is -0.397 e. The Bertz CT molecular complexity index is 1430. The van der Waals surface area contributed by atoms with Crippen molar-refractivity contribution in [2.24, 2.45) is 5.92 Å². The zero-order chi connectivity index (χ0) is 24.7. The average molecular weight is 474 g/mol. The van der Waals surface area contributed by atoms with Crippen LogP contribution in [0.2, 0.25) is 0 Å². The van der Waals surface area contributed by atoms with Crippen LogP contribution < -0.4 is 11.1 Å². The molecule has 4 aromatic rings. The maximum atomic E-state index is 13.7. The highest BCUT2D eigenvalue weighted by molar-refractivity contribution is 6.07. The fourth-order valence-corrected chi connectivity index (χ4v) is 4.53. The second kappa shape index (κ2) is 8.79. The Morgan fingerprint density at radius 2 is 2.03 bits per heavy atom. The van der Waals surface area contributed by atoms with Crippen LogP contribution in [0.1, 0.15) is 28.3 Å². The largest absolute Gasteiger partial charge is 0.397 e. The zero-order valence-corrected chi connectivity index (χ0v) is 19.3. The van der Waals surface area contributed by atoms with E-state index >= 15 is 0 Å². The van der Waals surface area contributed by atoms with Crippen LogP contribution in [0.15, 0.2) is 48.9 Å². The van der Waals surface area contributed by atoms with Gasteiger partial charge in [0.1, 0.15) is 17.2 Å². The summed E-state index contributed by atoms with van der Waals surface area (Å²) in [4.78, 5) is 39.9. The molecule has 4 heterocycles. The minimum absolute atomic E-state index is 0.108. The summed E-state index contributed by atoms with van der Waals surface area (Å²) >= 11 is 0. The molecular formula is C25H24FN7O2. The first kappa shape index (κ1) is 22.5. The number of nitrogens with zero attached hydrogens (tertiary/aromatic N) is 5. The van der Waals surface area contributed by atoms with Crippen LogP contribution >= 0.6 is 0 Å². The lowest BCUT2D eigenvalue weighted by molar-refractivity contribution is -0.129. The number of amides is 2. The number of carbonyl (C=O) groups is 2. The van der Waals surface area contributed by atoms with Gasteiger partial charge in [-0.05, 0) is 37.6 Å². The number of aromatic nitrogens is 4. The number of benzene rings is 1. The molecule has 35 heavy (non-hydrogen) atoms. The van der Waals surface area contributed by atoms with Gasteiger partial charge >= 0.3 is 0 Å². The molecule has 1 aliphatic rings. The summed E-state index contributed by atoms with van der Waals surface area (Å²) < 4.78 is 15.6. The van der Waals surface area contributed by atoms with Crippen molar-refractivity contribution >= 4 is 28.8 Å². The Labute approximate surface area is 200 Å². The Hall–Kier alpha value is -4.34.